The van der Waals surface area contributed by atoms with Crippen LogP contribution in [0.1, 0.15) is 58.3 Å². The molecule has 0 saturated carbocycles. The molecule has 0 atom stereocenters. The Morgan fingerprint density at radius 1 is 1.19 bits per heavy atom. The largest absolute Gasteiger partial charge is 0.368 e. The third kappa shape index (κ3) is 6.87. The SMILES string of the molecule is CCCCCCCCCCNc1nc(N)ncc1[N+](=O)[O-]. The van der Waals surface area contributed by atoms with Crippen molar-refractivity contribution >= 4 is 17.5 Å². The van der Waals surface area contributed by atoms with Gasteiger partial charge in [0.05, 0.1) is 4.92 Å². The number of nitrogens with zero attached hydrogens (tertiary/aromatic N) is 3. The standard InChI is InChI=1S/C14H25N5O2/c1-2-3-4-5-6-7-8-9-10-16-13-12(19(20)21)11-17-14(15)18-13/h11H,2-10H2,1H3,(H3,15,16,17,18). The first kappa shape index (κ1) is 17.1. The molecular weight excluding hydrogens is 270 g/mol. The molecule has 7 nitrogen and oxygen atoms in total. The summed E-state index contributed by atoms with van der Waals surface area (Å²) in [5, 5.41) is 13.8. The summed E-state index contributed by atoms with van der Waals surface area (Å²) in [5.74, 6) is 0.245. The van der Waals surface area contributed by atoms with Crippen molar-refractivity contribution in [3.05, 3.63) is 16.3 Å². The lowest BCUT2D eigenvalue weighted by atomic mass is 10.1. The van der Waals surface area contributed by atoms with Gasteiger partial charge in [-0.15, -0.1) is 0 Å². The first-order valence-corrected chi connectivity index (χ1v) is 7.66. The van der Waals surface area contributed by atoms with E-state index in [1.54, 1.807) is 0 Å². The second-order valence-corrected chi connectivity index (χ2v) is 5.12. The number of rotatable bonds is 11. The zero-order valence-electron chi connectivity index (χ0n) is 12.7. The summed E-state index contributed by atoms with van der Waals surface area (Å²) in [4.78, 5) is 17.8. The van der Waals surface area contributed by atoms with Gasteiger partial charge < -0.3 is 11.1 Å². The predicted molar refractivity (Wildman–Crippen MR) is 84.2 cm³/mol. The van der Waals surface area contributed by atoms with Crippen LogP contribution in [0, 0.1) is 10.1 Å². The van der Waals surface area contributed by atoms with Crippen LogP contribution >= 0.6 is 0 Å². The Kier molecular flexibility index (Phi) is 8.08. The molecule has 1 rings (SSSR count). The lowest BCUT2D eigenvalue weighted by Crippen LogP contribution is -2.08. The first-order chi connectivity index (χ1) is 10.1. The van der Waals surface area contributed by atoms with Gasteiger partial charge in [0.2, 0.25) is 11.8 Å². The molecule has 118 valence electrons. The molecular formula is C14H25N5O2. The van der Waals surface area contributed by atoms with E-state index in [0.29, 0.717) is 6.54 Å². The van der Waals surface area contributed by atoms with Crippen molar-refractivity contribution in [2.24, 2.45) is 0 Å². The minimum Gasteiger partial charge on any atom is -0.368 e. The monoisotopic (exact) mass is 295 g/mol. The topological polar surface area (TPSA) is 107 Å². The molecule has 0 spiro atoms. The molecule has 0 unspecified atom stereocenters. The molecule has 1 aromatic rings. The summed E-state index contributed by atoms with van der Waals surface area (Å²) in [6.07, 6.45) is 10.9. The fraction of sp³-hybridized carbons (Fsp3) is 0.714. The van der Waals surface area contributed by atoms with Crippen LogP contribution in [0.25, 0.3) is 0 Å². The van der Waals surface area contributed by atoms with E-state index in [4.69, 9.17) is 5.73 Å². The highest BCUT2D eigenvalue weighted by Gasteiger charge is 2.15. The van der Waals surface area contributed by atoms with Crippen LogP contribution in [0.15, 0.2) is 6.20 Å². The van der Waals surface area contributed by atoms with Crippen molar-refractivity contribution in [3.63, 3.8) is 0 Å². The molecule has 0 aliphatic rings. The summed E-state index contributed by atoms with van der Waals surface area (Å²) >= 11 is 0. The second kappa shape index (κ2) is 9.90. The molecule has 0 fully saturated rings. The van der Waals surface area contributed by atoms with Gasteiger partial charge in [-0.2, -0.15) is 4.98 Å². The van der Waals surface area contributed by atoms with Crippen LogP contribution < -0.4 is 11.1 Å². The Bertz CT molecular complexity index is 439. The van der Waals surface area contributed by atoms with Crippen LogP contribution in [-0.2, 0) is 0 Å². The molecule has 21 heavy (non-hydrogen) atoms. The maximum absolute atomic E-state index is 10.8. The van der Waals surface area contributed by atoms with Gasteiger partial charge in [-0.1, -0.05) is 51.9 Å². The molecule has 3 N–H and O–H groups in total. The van der Waals surface area contributed by atoms with Crippen molar-refractivity contribution in [2.45, 2.75) is 58.3 Å². The quantitative estimate of drug-likeness (QED) is 0.367. The van der Waals surface area contributed by atoms with E-state index in [9.17, 15) is 10.1 Å². The van der Waals surface area contributed by atoms with Gasteiger partial charge in [0.1, 0.15) is 6.20 Å². The van der Waals surface area contributed by atoms with Crippen LogP contribution in [0.5, 0.6) is 0 Å². The first-order valence-electron chi connectivity index (χ1n) is 7.66. The number of nitrogen functional groups attached to an aromatic ring is 1. The van der Waals surface area contributed by atoms with E-state index < -0.39 is 4.92 Å². The van der Waals surface area contributed by atoms with Crippen molar-refractivity contribution in [1.29, 1.82) is 0 Å². The van der Waals surface area contributed by atoms with Crippen LogP contribution in [0.2, 0.25) is 0 Å². The average molecular weight is 295 g/mol. The van der Waals surface area contributed by atoms with Crippen molar-refractivity contribution in [3.8, 4) is 0 Å². The van der Waals surface area contributed by atoms with Gasteiger partial charge in [-0.05, 0) is 6.42 Å². The Labute approximate surface area is 125 Å². The third-order valence-electron chi connectivity index (χ3n) is 3.31. The molecule has 0 aliphatic carbocycles. The molecule has 0 aromatic carbocycles. The summed E-state index contributed by atoms with van der Waals surface area (Å²) in [5.41, 5.74) is 5.32. The molecule has 0 aliphatic heterocycles. The number of anilines is 2. The highest BCUT2D eigenvalue weighted by atomic mass is 16.6. The Hall–Kier alpha value is -1.92. The summed E-state index contributed by atoms with van der Waals surface area (Å²) in [6, 6.07) is 0. The van der Waals surface area contributed by atoms with Crippen molar-refractivity contribution in [2.75, 3.05) is 17.6 Å². The second-order valence-electron chi connectivity index (χ2n) is 5.12. The van der Waals surface area contributed by atoms with Gasteiger partial charge >= 0.3 is 5.69 Å². The minimum atomic E-state index is -0.504. The molecule has 0 radical (unpaired) electrons. The molecule has 0 amide bonds. The van der Waals surface area contributed by atoms with Gasteiger partial charge in [0, 0.05) is 6.54 Å². The Morgan fingerprint density at radius 2 is 1.81 bits per heavy atom. The normalized spacial score (nSPS) is 10.5. The smallest absolute Gasteiger partial charge is 0.329 e. The highest BCUT2D eigenvalue weighted by Crippen LogP contribution is 2.21. The Balaban J connectivity index is 2.21. The van der Waals surface area contributed by atoms with E-state index in [-0.39, 0.29) is 17.5 Å². The van der Waals surface area contributed by atoms with Crippen molar-refractivity contribution in [1.82, 2.24) is 9.97 Å². The Morgan fingerprint density at radius 3 is 2.43 bits per heavy atom. The lowest BCUT2D eigenvalue weighted by Gasteiger charge is -2.06. The minimum absolute atomic E-state index is 0.0408. The number of nitrogens with two attached hydrogens (primary N) is 1. The summed E-state index contributed by atoms with van der Waals surface area (Å²) < 4.78 is 0. The molecule has 0 saturated heterocycles. The number of nitrogens with one attached hydrogen (secondary N) is 1. The number of hydrogen-bond acceptors (Lipinski definition) is 6. The van der Waals surface area contributed by atoms with E-state index in [0.717, 1.165) is 19.0 Å². The zero-order chi connectivity index (χ0) is 15.5. The number of hydrogen-bond donors (Lipinski definition) is 2. The maximum Gasteiger partial charge on any atom is 0.329 e. The van der Waals surface area contributed by atoms with Gasteiger partial charge in [-0.25, -0.2) is 4.98 Å². The summed E-state index contributed by atoms with van der Waals surface area (Å²) in [6.45, 7) is 2.87. The fourth-order valence-electron chi connectivity index (χ4n) is 2.12. The van der Waals surface area contributed by atoms with E-state index >= 15 is 0 Å². The zero-order valence-corrected chi connectivity index (χ0v) is 12.7. The number of aromatic nitrogens is 2. The van der Waals surface area contributed by atoms with Gasteiger partial charge in [0.15, 0.2) is 0 Å². The third-order valence-corrected chi connectivity index (χ3v) is 3.31. The van der Waals surface area contributed by atoms with Crippen LogP contribution in [0.4, 0.5) is 17.5 Å². The van der Waals surface area contributed by atoms with Gasteiger partial charge in [0.25, 0.3) is 0 Å². The van der Waals surface area contributed by atoms with Gasteiger partial charge in [-0.3, -0.25) is 10.1 Å². The predicted octanol–water partition coefficient (Wildman–Crippen LogP) is 3.52. The fourth-order valence-corrected chi connectivity index (χ4v) is 2.12. The molecule has 7 heteroatoms. The number of unbranched alkanes of at least 4 members (excludes halogenated alkanes) is 7. The van der Waals surface area contributed by atoms with E-state index in [1.165, 1.54) is 38.5 Å². The van der Waals surface area contributed by atoms with Crippen LogP contribution in [0.3, 0.4) is 0 Å². The molecule has 1 heterocycles. The summed E-state index contributed by atoms with van der Waals surface area (Å²) in [7, 11) is 0. The maximum atomic E-state index is 10.8. The number of nitro groups is 1. The lowest BCUT2D eigenvalue weighted by molar-refractivity contribution is -0.384. The van der Waals surface area contributed by atoms with E-state index in [1.807, 2.05) is 0 Å². The average Bonchev–Trinajstić information content (AvgIpc) is 2.45. The highest BCUT2D eigenvalue weighted by molar-refractivity contribution is 5.56. The van der Waals surface area contributed by atoms with E-state index in [2.05, 4.69) is 22.2 Å². The van der Waals surface area contributed by atoms with Crippen molar-refractivity contribution < 1.29 is 4.92 Å². The molecule has 0 bridgehead atoms. The molecule has 1 aromatic heterocycles. The van der Waals surface area contributed by atoms with Crippen LogP contribution in [-0.4, -0.2) is 21.4 Å².